The van der Waals surface area contributed by atoms with Crippen molar-refractivity contribution in [2.24, 2.45) is 0 Å². The average molecular weight is 370 g/mol. The molecule has 0 fully saturated rings. The van der Waals surface area contributed by atoms with Gasteiger partial charge in [0.15, 0.2) is 0 Å². The van der Waals surface area contributed by atoms with Crippen molar-refractivity contribution in [3.8, 4) is 5.75 Å². The molecule has 1 aromatic carbocycles. The van der Waals surface area contributed by atoms with Crippen molar-refractivity contribution in [1.82, 2.24) is 0 Å². The minimum absolute atomic E-state index is 0. The van der Waals surface area contributed by atoms with E-state index in [-0.39, 0.29) is 49.4 Å². The summed E-state index contributed by atoms with van der Waals surface area (Å²) in [6.45, 7) is 0.435. The largest absolute Gasteiger partial charge is 1.00 e. The number of para-hydroxylation sites is 1. The number of hydrogen-bond donors (Lipinski definition) is 0. The molecular formula is C14H19NaO8S. The first-order chi connectivity index (χ1) is 11.0. The molecule has 24 heavy (non-hydrogen) atoms. The first-order valence-electron chi connectivity index (χ1n) is 6.90. The Hall–Kier alpha value is -0.680. The molecule has 0 radical (unpaired) electrons. The Morgan fingerprint density at radius 2 is 1.58 bits per heavy atom. The minimum atomic E-state index is -4.38. The molecule has 0 aliphatic heterocycles. The summed E-state index contributed by atoms with van der Waals surface area (Å²) in [7, 11) is -4.38. The number of carbonyl (C=O) groups is 1. The standard InChI is InChI=1S/C14H20O8S.Na/c15-14(22-10-11-23(16,17)18)12-20-7-6-19-8-9-21-13-4-2-1-3-5-13;/h1-5H,6-12H2,(H,16,17,18);/q;+1/p-1. The van der Waals surface area contributed by atoms with Crippen molar-refractivity contribution >= 4 is 16.1 Å². The second-order valence-corrected chi connectivity index (χ2v) is 5.83. The Morgan fingerprint density at radius 3 is 2.25 bits per heavy atom. The average Bonchev–Trinajstić information content (AvgIpc) is 2.49. The molecule has 10 heteroatoms. The Morgan fingerprint density at radius 1 is 0.958 bits per heavy atom. The molecule has 0 unspecified atom stereocenters. The van der Waals surface area contributed by atoms with Crippen LogP contribution in [0.2, 0.25) is 0 Å². The van der Waals surface area contributed by atoms with Gasteiger partial charge in [-0.15, -0.1) is 0 Å². The molecule has 0 bridgehead atoms. The van der Waals surface area contributed by atoms with Gasteiger partial charge in [-0.3, -0.25) is 0 Å². The summed E-state index contributed by atoms with van der Waals surface area (Å²) in [4.78, 5) is 11.1. The third-order valence-corrected chi connectivity index (χ3v) is 3.09. The van der Waals surface area contributed by atoms with Gasteiger partial charge >= 0.3 is 35.5 Å². The number of ether oxygens (including phenoxy) is 4. The Bertz CT molecular complexity index is 549. The van der Waals surface area contributed by atoms with E-state index in [0.717, 1.165) is 5.75 Å². The van der Waals surface area contributed by atoms with Crippen LogP contribution in [-0.2, 0) is 29.1 Å². The summed E-state index contributed by atoms with van der Waals surface area (Å²) < 4.78 is 51.0. The van der Waals surface area contributed by atoms with Crippen molar-refractivity contribution in [2.45, 2.75) is 0 Å². The molecule has 0 heterocycles. The number of benzene rings is 1. The number of carbonyl (C=O) groups excluding carboxylic acids is 1. The monoisotopic (exact) mass is 370 g/mol. The van der Waals surface area contributed by atoms with E-state index >= 15 is 0 Å². The van der Waals surface area contributed by atoms with E-state index in [9.17, 15) is 17.8 Å². The normalized spacial score (nSPS) is 10.7. The Labute approximate surface area is 163 Å². The van der Waals surface area contributed by atoms with Crippen LogP contribution in [0, 0.1) is 0 Å². The van der Waals surface area contributed by atoms with Crippen molar-refractivity contribution in [1.29, 1.82) is 0 Å². The van der Waals surface area contributed by atoms with Crippen molar-refractivity contribution in [2.75, 3.05) is 45.4 Å². The van der Waals surface area contributed by atoms with Gasteiger partial charge in [0.2, 0.25) is 0 Å². The van der Waals surface area contributed by atoms with Crippen LogP contribution < -0.4 is 34.3 Å². The maximum Gasteiger partial charge on any atom is 1.00 e. The van der Waals surface area contributed by atoms with Crippen LogP contribution in [0.4, 0.5) is 0 Å². The molecule has 8 nitrogen and oxygen atoms in total. The SMILES string of the molecule is O=C(COCCOCCOc1ccccc1)OCCS(=O)(=O)[O-].[Na+]. The van der Waals surface area contributed by atoms with Crippen LogP contribution in [0.5, 0.6) is 5.75 Å². The van der Waals surface area contributed by atoms with Gasteiger partial charge in [-0.05, 0) is 12.1 Å². The number of esters is 1. The van der Waals surface area contributed by atoms with E-state index in [0.29, 0.717) is 13.2 Å². The van der Waals surface area contributed by atoms with Crippen molar-refractivity contribution in [3.63, 3.8) is 0 Å². The van der Waals surface area contributed by atoms with Crippen LogP contribution in [0.1, 0.15) is 0 Å². The molecule has 130 valence electrons. The molecule has 0 spiro atoms. The maximum absolute atomic E-state index is 11.1. The van der Waals surface area contributed by atoms with E-state index in [2.05, 4.69) is 4.74 Å². The summed E-state index contributed by atoms with van der Waals surface area (Å²) in [5.74, 6) is -0.722. The topological polar surface area (TPSA) is 111 Å². The van der Waals surface area contributed by atoms with Crippen molar-refractivity contribution in [3.05, 3.63) is 30.3 Å². The van der Waals surface area contributed by atoms with Crippen LogP contribution >= 0.6 is 0 Å². The quantitative estimate of drug-likeness (QED) is 0.168. The van der Waals surface area contributed by atoms with Crippen LogP contribution in [-0.4, -0.2) is 64.3 Å². The van der Waals surface area contributed by atoms with Crippen molar-refractivity contribution < 1.29 is 66.3 Å². The van der Waals surface area contributed by atoms with Gasteiger partial charge in [-0.2, -0.15) is 0 Å². The minimum Gasteiger partial charge on any atom is -0.748 e. The van der Waals surface area contributed by atoms with Crippen LogP contribution in [0.15, 0.2) is 30.3 Å². The molecule has 0 N–H and O–H groups in total. The summed E-state index contributed by atoms with van der Waals surface area (Å²) >= 11 is 0. The van der Waals surface area contributed by atoms with Gasteiger partial charge in [0.1, 0.15) is 25.6 Å². The zero-order chi connectivity index (χ0) is 17.0. The second-order valence-electron chi connectivity index (χ2n) is 4.31. The predicted molar refractivity (Wildman–Crippen MR) is 79.1 cm³/mol. The van der Waals surface area contributed by atoms with E-state index < -0.39 is 28.4 Å². The molecule has 0 atom stereocenters. The van der Waals surface area contributed by atoms with E-state index in [1.807, 2.05) is 30.3 Å². The predicted octanol–water partition coefficient (Wildman–Crippen LogP) is -2.81. The Kier molecular flexibility index (Phi) is 13.2. The van der Waals surface area contributed by atoms with E-state index in [1.165, 1.54) is 0 Å². The number of hydrogen-bond acceptors (Lipinski definition) is 8. The van der Waals surface area contributed by atoms with Crippen LogP contribution in [0.3, 0.4) is 0 Å². The zero-order valence-corrected chi connectivity index (χ0v) is 16.3. The molecule has 0 amide bonds. The fourth-order valence-corrected chi connectivity index (χ4v) is 1.70. The zero-order valence-electron chi connectivity index (χ0n) is 13.5. The summed E-state index contributed by atoms with van der Waals surface area (Å²) in [6, 6.07) is 9.32. The summed E-state index contributed by atoms with van der Waals surface area (Å²) in [5, 5.41) is 0. The fraction of sp³-hybridized carbons (Fsp3) is 0.500. The molecular weight excluding hydrogens is 351 g/mol. The molecule has 0 aliphatic carbocycles. The maximum atomic E-state index is 11.1. The van der Waals surface area contributed by atoms with Gasteiger partial charge < -0.3 is 23.5 Å². The van der Waals surface area contributed by atoms with E-state index in [1.54, 1.807) is 0 Å². The van der Waals surface area contributed by atoms with Crippen LogP contribution in [0.25, 0.3) is 0 Å². The third kappa shape index (κ3) is 13.7. The molecule has 0 saturated carbocycles. The molecule has 0 aromatic heterocycles. The first-order valence-corrected chi connectivity index (χ1v) is 8.47. The van der Waals surface area contributed by atoms with E-state index in [4.69, 9.17) is 14.2 Å². The molecule has 1 rings (SSSR count). The smallest absolute Gasteiger partial charge is 0.748 e. The third-order valence-electron chi connectivity index (χ3n) is 2.43. The van der Waals surface area contributed by atoms with Gasteiger partial charge in [-0.25, -0.2) is 13.2 Å². The molecule has 0 saturated heterocycles. The Balaban J connectivity index is 0.00000529. The van der Waals surface area contributed by atoms with Gasteiger partial charge in [0.25, 0.3) is 0 Å². The first kappa shape index (κ1) is 23.3. The summed E-state index contributed by atoms with van der Waals surface area (Å²) in [6.07, 6.45) is 0. The number of rotatable bonds is 12. The van der Waals surface area contributed by atoms with Gasteiger partial charge in [0.05, 0.1) is 35.7 Å². The molecule has 0 aliphatic rings. The van der Waals surface area contributed by atoms with Gasteiger partial charge in [0, 0.05) is 0 Å². The summed E-state index contributed by atoms with van der Waals surface area (Å²) in [5.41, 5.74) is 0. The van der Waals surface area contributed by atoms with Gasteiger partial charge in [-0.1, -0.05) is 18.2 Å². The molecule has 1 aromatic rings. The second kappa shape index (κ2) is 13.6. The fourth-order valence-electron chi connectivity index (χ4n) is 1.41.